The normalized spacial score (nSPS) is 10.8. The summed E-state index contributed by atoms with van der Waals surface area (Å²) < 4.78 is 3.15. The van der Waals surface area contributed by atoms with Crippen LogP contribution in [0.1, 0.15) is 16.2 Å². The molecule has 0 atom stereocenters. The Balaban J connectivity index is 1.53. The van der Waals surface area contributed by atoms with Gasteiger partial charge in [0.05, 0.1) is 10.2 Å². The number of nitrogens with one attached hydrogen (secondary N) is 1. The van der Waals surface area contributed by atoms with E-state index < -0.39 is 0 Å². The van der Waals surface area contributed by atoms with Crippen molar-refractivity contribution in [3.8, 4) is 0 Å². The summed E-state index contributed by atoms with van der Waals surface area (Å²) in [5.74, 6) is -0.0845. The minimum absolute atomic E-state index is 0.0845. The smallest absolute Gasteiger partial charge is 0.280 e. The first-order valence-corrected chi connectivity index (χ1v) is 7.39. The number of carbonyl (C=O) groups is 1. The largest absolute Gasteiger partial charge is 0.354 e. The molecule has 0 saturated heterocycles. The van der Waals surface area contributed by atoms with Crippen LogP contribution < -0.4 is 5.32 Å². The molecule has 0 aliphatic rings. The highest BCUT2D eigenvalue weighted by molar-refractivity contribution is 7.20. The minimum Gasteiger partial charge on any atom is -0.354 e. The van der Waals surface area contributed by atoms with E-state index in [0.717, 1.165) is 23.2 Å². The Kier molecular flexibility index (Phi) is 3.78. The highest BCUT2D eigenvalue weighted by Gasteiger charge is 2.10. The number of amides is 1. The average molecular weight is 285 g/mol. The highest BCUT2D eigenvalue weighted by atomic mass is 32.1. The molecule has 4 nitrogen and oxygen atoms in total. The van der Waals surface area contributed by atoms with Gasteiger partial charge in [0, 0.05) is 25.5 Å². The Morgan fingerprint density at radius 1 is 1.20 bits per heavy atom. The molecule has 102 valence electrons. The van der Waals surface area contributed by atoms with Crippen LogP contribution in [0, 0.1) is 0 Å². The fourth-order valence-electron chi connectivity index (χ4n) is 2.03. The predicted molar refractivity (Wildman–Crippen MR) is 81.0 cm³/mol. The number of nitrogens with zero attached hydrogens (tertiary/aromatic N) is 2. The van der Waals surface area contributed by atoms with E-state index >= 15 is 0 Å². The van der Waals surface area contributed by atoms with Crippen molar-refractivity contribution >= 4 is 27.5 Å². The summed E-state index contributed by atoms with van der Waals surface area (Å²) in [4.78, 5) is 16.3. The molecule has 0 spiro atoms. The molecule has 1 N–H and O–H groups in total. The average Bonchev–Trinajstić information content (AvgIpc) is 3.12. The zero-order chi connectivity index (χ0) is 13.8. The van der Waals surface area contributed by atoms with E-state index in [-0.39, 0.29) is 5.91 Å². The van der Waals surface area contributed by atoms with Crippen LogP contribution in [0.2, 0.25) is 0 Å². The zero-order valence-electron chi connectivity index (χ0n) is 11.0. The summed E-state index contributed by atoms with van der Waals surface area (Å²) in [7, 11) is 0. The lowest BCUT2D eigenvalue weighted by molar-refractivity contribution is 0.0952. The number of rotatable bonds is 5. The number of fused-ring (bicyclic) bond motifs is 1. The highest BCUT2D eigenvalue weighted by Crippen LogP contribution is 2.21. The molecule has 0 saturated carbocycles. The first-order valence-electron chi connectivity index (χ1n) is 6.57. The lowest BCUT2D eigenvalue weighted by Crippen LogP contribution is -2.25. The third kappa shape index (κ3) is 2.88. The summed E-state index contributed by atoms with van der Waals surface area (Å²) in [5, 5.41) is 3.45. The van der Waals surface area contributed by atoms with Crippen molar-refractivity contribution < 1.29 is 4.79 Å². The van der Waals surface area contributed by atoms with Gasteiger partial charge in [-0.1, -0.05) is 12.1 Å². The third-order valence-electron chi connectivity index (χ3n) is 3.03. The van der Waals surface area contributed by atoms with Crippen LogP contribution in [-0.2, 0) is 6.54 Å². The van der Waals surface area contributed by atoms with E-state index in [9.17, 15) is 4.79 Å². The van der Waals surface area contributed by atoms with Gasteiger partial charge in [0.25, 0.3) is 5.91 Å². The lowest BCUT2D eigenvalue weighted by Gasteiger charge is -2.04. The van der Waals surface area contributed by atoms with E-state index in [1.807, 2.05) is 48.8 Å². The van der Waals surface area contributed by atoms with Crippen LogP contribution in [0.5, 0.6) is 0 Å². The molecular formula is C15H15N3OS. The zero-order valence-corrected chi connectivity index (χ0v) is 11.8. The fourth-order valence-corrected chi connectivity index (χ4v) is 2.91. The van der Waals surface area contributed by atoms with Gasteiger partial charge in [-0.25, -0.2) is 4.98 Å². The second kappa shape index (κ2) is 5.88. The fraction of sp³-hybridized carbons (Fsp3) is 0.200. The standard InChI is InChI=1S/C15H15N3OS/c19-14(16-8-5-11-18-9-3-4-10-18)15-17-12-6-1-2-7-13(12)20-15/h1-4,6-7,9-10H,5,8,11H2,(H,16,19). The van der Waals surface area contributed by atoms with Gasteiger partial charge in [0.1, 0.15) is 0 Å². The topological polar surface area (TPSA) is 46.9 Å². The summed E-state index contributed by atoms with van der Waals surface area (Å²) >= 11 is 1.43. The molecular weight excluding hydrogens is 270 g/mol. The molecule has 5 heteroatoms. The maximum atomic E-state index is 12.0. The molecule has 0 bridgehead atoms. The van der Waals surface area contributed by atoms with Gasteiger partial charge in [-0.15, -0.1) is 11.3 Å². The third-order valence-corrected chi connectivity index (χ3v) is 4.07. The molecule has 0 aliphatic carbocycles. The second-order valence-corrected chi connectivity index (χ2v) is 5.55. The summed E-state index contributed by atoms with van der Waals surface area (Å²) in [6.07, 6.45) is 4.95. The molecule has 0 fully saturated rings. The number of carbonyl (C=O) groups excluding carboxylic acids is 1. The molecule has 0 radical (unpaired) electrons. The van der Waals surface area contributed by atoms with Crippen molar-refractivity contribution in [3.05, 3.63) is 53.8 Å². The lowest BCUT2D eigenvalue weighted by atomic mass is 10.3. The summed E-state index contributed by atoms with van der Waals surface area (Å²) in [5.41, 5.74) is 0.884. The van der Waals surface area contributed by atoms with Gasteiger partial charge in [-0.2, -0.15) is 0 Å². The van der Waals surface area contributed by atoms with Crippen LogP contribution in [0.4, 0.5) is 0 Å². The SMILES string of the molecule is O=C(NCCCn1cccc1)c1nc2ccccc2s1. The molecule has 0 aliphatic heterocycles. The van der Waals surface area contributed by atoms with Gasteiger partial charge in [-0.3, -0.25) is 4.79 Å². The summed E-state index contributed by atoms with van der Waals surface area (Å²) in [6.45, 7) is 1.57. The monoisotopic (exact) mass is 285 g/mol. The van der Waals surface area contributed by atoms with Gasteiger partial charge in [0.15, 0.2) is 5.01 Å². The first kappa shape index (κ1) is 12.9. The molecule has 3 aromatic rings. The maximum absolute atomic E-state index is 12.0. The van der Waals surface area contributed by atoms with Crippen LogP contribution in [0.3, 0.4) is 0 Å². The number of hydrogen-bond donors (Lipinski definition) is 1. The van der Waals surface area contributed by atoms with Crippen molar-refractivity contribution in [2.45, 2.75) is 13.0 Å². The van der Waals surface area contributed by atoms with Crippen molar-refractivity contribution in [1.82, 2.24) is 14.9 Å². The Hall–Kier alpha value is -2.14. The Morgan fingerprint density at radius 3 is 2.80 bits per heavy atom. The molecule has 1 amide bonds. The van der Waals surface area contributed by atoms with Gasteiger partial charge >= 0.3 is 0 Å². The van der Waals surface area contributed by atoms with Crippen molar-refractivity contribution in [3.63, 3.8) is 0 Å². The molecule has 20 heavy (non-hydrogen) atoms. The van der Waals surface area contributed by atoms with Gasteiger partial charge in [0.2, 0.25) is 0 Å². The number of aromatic nitrogens is 2. The first-order chi connectivity index (χ1) is 9.83. The van der Waals surface area contributed by atoms with Gasteiger partial charge < -0.3 is 9.88 Å². The number of para-hydroxylation sites is 1. The molecule has 2 aromatic heterocycles. The van der Waals surface area contributed by atoms with Crippen LogP contribution in [-0.4, -0.2) is 22.0 Å². The number of hydrogen-bond acceptors (Lipinski definition) is 3. The minimum atomic E-state index is -0.0845. The molecule has 0 unspecified atom stereocenters. The van der Waals surface area contributed by atoms with E-state index in [1.54, 1.807) is 0 Å². The van der Waals surface area contributed by atoms with Crippen LogP contribution in [0.25, 0.3) is 10.2 Å². The second-order valence-electron chi connectivity index (χ2n) is 4.52. The Morgan fingerprint density at radius 2 is 2.00 bits per heavy atom. The number of benzene rings is 1. The Bertz CT molecular complexity index is 670. The van der Waals surface area contributed by atoms with E-state index in [4.69, 9.17) is 0 Å². The predicted octanol–water partition coefficient (Wildman–Crippen LogP) is 2.92. The summed E-state index contributed by atoms with van der Waals surface area (Å²) in [6, 6.07) is 11.8. The van der Waals surface area contributed by atoms with Gasteiger partial charge in [-0.05, 0) is 30.7 Å². The van der Waals surface area contributed by atoms with Crippen LogP contribution in [0.15, 0.2) is 48.8 Å². The Labute approximate surface area is 121 Å². The van der Waals surface area contributed by atoms with E-state index in [1.165, 1.54) is 11.3 Å². The van der Waals surface area contributed by atoms with E-state index in [0.29, 0.717) is 11.6 Å². The number of thiazole rings is 1. The maximum Gasteiger partial charge on any atom is 0.280 e. The number of aryl methyl sites for hydroxylation is 1. The van der Waals surface area contributed by atoms with Crippen molar-refractivity contribution in [2.75, 3.05) is 6.54 Å². The quantitative estimate of drug-likeness (QED) is 0.733. The molecule has 1 aromatic carbocycles. The molecule has 3 rings (SSSR count). The van der Waals surface area contributed by atoms with Crippen molar-refractivity contribution in [1.29, 1.82) is 0 Å². The van der Waals surface area contributed by atoms with Crippen LogP contribution >= 0.6 is 11.3 Å². The molecule has 2 heterocycles. The van der Waals surface area contributed by atoms with E-state index in [2.05, 4.69) is 14.9 Å². The van der Waals surface area contributed by atoms with Crippen molar-refractivity contribution in [2.24, 2.45) is 0 Å².